The molecule has 0 aliphatic rings. The highest BCUT2D eigenvalue weighted by atomic mass is 35.5. The van der Waals surface area contributed by atoms with E-state index in [1.54, 1.807) is 38.1 Å². The van der Waals surface area contributed by atoms with Gasteiger partial charge in [-0.1, -0.05) is 31.5 Å². The van der Waals surface area contributed by atoms with Crippen molar-refractivity contribution in [2.24, 2.45) is 11.8 Å². The molecule has 3 atom stereocenters. The fourth-order valence-corrected chi connectivity index (χ4v) is 2.00. The smallest absolute Gasteiger partial charge is 0.308 e. The van der Waals surface area contributed by atoms with E-state index >= 15 is 0 Å². The number of hydrogen-bond donors (Lipinski definition) is 2. The number of hydrogen-bond acceptors (Lipinski definition) is 3. The van der Waals surface area contributed by atoms with Crippen molar-refractivity contribution in [2.45, 2.75) is 39.8 Å². The van der Waals surface area contributed by atoms with Gasteiger partial charge in [0, 0.05) is 11.1 Å². The molecule has 0 aliphatic carbocycles. The molecule has 3 unspecified atom stereocenters. The number of carbonyl (C=O) groups is 2. The molecule has 1 aromatic carbocycles. The van der Waals surface area contributed by atoms with E-state index in [1.165, 1.54) is 0 Å². The summed E-state index contributed by atoms with van der Waals surface area (Å²) in [6.07, 6.45) is -0.720. The van der Waals surface area contributed by atoms with Crippen LogP contribution >= 0.6 is 11.6 Å². The Balaban J connectivity index is 2.78. The molecule has 0 aliphatic heterocycles. The lowest BCUT2D eigenvalue weighted by Crippen LogP contribution is -2.48. The van der Waals surface area contributed by atoms with Gasteiger partial charge in [-0.2, -0.15) is 0 Å². The molecule has 122 valence electrons. The van der Waals surface area contributed by atoms with E-state index in [4.69, 9.17) is 21.4 Å². The van der Waals surface area contributed by atoms with Gasteiger partial charge in [-0.05, 0) is 38.0 Å². The summed E-state index contributed by atoms with van der Waals surface area (Å²) < 4.78 is 5.72. The van der Waals surface area contributed by atoms with Crippen molar-refractivity contribution in [3.63, 3.8) is 0 Å². The molecule has 6 heteroatoms. The summed E-state index contributed by atoms with van der Waals surface area (Å²) in [5.74, 6) is -1.55. The van der Waals surface area contributed by atoms with Crippen LogP contribution in [0, 0.1) is 11.8 Å². The third kappa shape index (κ3) is 5.22. The lowest BCUT2D eigenvalue weighted by atomic mass is 10.0. The van der Waals surface area contributed by atoms with Crippen LogP contribution in [0.5, 0.6) is 5.75 Å². The molecule has 0 saturated carbocycles. The summed E-state index contributed by atoms with van der Waals surface area (Å²) in [5, 5.41) is 12.2. The number of carboxylic acids is 1. The van der Waals surface area contributed by atoms with Crippen LogP contribution in [0.4, 0.5) is 0 Å². The molecule has 0 saturated heterocycles. The molecule has 1 amide bonds. The van der Waals surface area contributed by atoms with Crippen molar-refractivity contribution in [3.05, 3.63) is 29.3 Å². The Kier molecular flexibility index (Phi) is 6.68. The maximum Gasteiger partial charge on any atom is 0.308 e. The average Bonchev–Trinajstić information content (AvgIpc) is 2.43. The number of halogens is 1. The molecular formula is C16H22ClNO4. The number of carbonyl (C=O) groups excluding carboxylic acids is 1. The number of ether oxygens (including phenoxy) is 1. The molecule has 2 N–H and O–H groups in total. The van der Waals surface area contributed by atoms with Gasteiger partial charge in [0.2, 0.25) is 0 Å². The van der Waals surface area contributed by atoms with Crippen LogP contribution in [-0.2, 0) is 9.59 Å². The van der Waals surface area contributed by atoms with Gasteiger partial charge in [0.15, 0.2) is 6.10 Å². The first-order valence-corrected chi connectivity index (χ1v) is 7.55. The zero-order valence-corrected chi connectivity index (χ0v) is 13.9. The fourth-order valence-electron chi connectivity index (χ4n) is 1.82. The van der Waals surface area contributed by atoms with Crippen molar-refractivity contribution in [3.8, 4) is 5.75 Å². The largest absolute Gasteiger partial charge is 0.481 e. The first-order valence-electron chi connectivity index (χ1n) is 7.17. The first-order chi connectivity index (χ1) is 10.2. The highest BCUT2D eigenvalue weighted by molar-refractivity contribution is 6.30. The van der Waals surface area contributed by atoms with Gasteiger partial charge in [-0.15, -0.1) is 0 Å². The Morgan fingerprint density at radius 2 is 1.86 bits per heavy atom. The van der Waals surface area contributed by atoms with Gasteiger partial charge < -0.3 is 15.2 Å². The quantitative estimate of drug-likeness (QED) is 0.807. The van der Waals surface area contributed by atoms with Crippen LogP contribution in [0.3, 0.4) is 0 Å². The number of amides is 1. The molecule has 1 aromatic rings. The number of rotatable bonds is 7. The Morgan fingerprint density at radius 3 is 2.36 bits per heavy atom. The SMILES string of the molecule is CC(C)C(Oc1cccc(Cl)c1)C(=O)NC(C)C(C)C(=O)O. The Hall–Kier alpha value is -1.75. The normalized spacial score (nSPS) is 15.0. The Bertz CT molecular complexity index is 533. The second-order valence-electron chi connectivity index (χ2n) is 5.66. The number of carboxylic acid groups (broad SMARTS) is 1. The summed E-state index contributed by atoms with van der Waals surface area (Å²) >= 11 is 5.90. The number of benzene rings is 1. The van der Waals surface area contributed by atoms with Gasteiger partial charge in [-0.25, -0.2) is 0 Å². The average molecular weight is 328 g/mol. The maximum absolute atomic E-state index is 12.3. The minimum absolute atomic E-state index is 0.0775. The van der Waals surface area contributed by atoms with E-state index in [1.807, 2.05) is 13.8 Å². The predicted octanol–water partition coefficient (Wildman–Crippen LogP) is 2.97. The van der Waals surface area contributed by atoms with Gasteiger partial charge in [0.25, 0.3) is 5.91 Å². The standard InChI is InChI=1S/C16H22ClNO4/c1-9(2)14(22-13-7-5-6-12(17)8-13)15(19)18-11(4)10(3)16(20)21/h5-11,14H,1-4H3,(H,18,19)(H,20,21). The van der Waals surface area contributed by atoms with Crippen LogP contribution in [0.2, 0.25) is 5.02 Å². The summed E-state index contributed by atoms with van der Waals surface area (Å²) in [7, 11) is 0. The molecule has 0 radical (unpaired) electrons. The van der Waals surface area contributed by atoms with Gasteiger partial charge >= 0.3 is 5.97 Å². The third-order valence-electron chi connectivity index (χ3n) is 3.43. The summed E-state index contributed by atoms with van der Waals surface area (Å²) in [4.78, 5) is 23.3. The van der Waals surface area contributed by atoms with Gasteiger partial charge in [-0.3, -0.25) is 9.59 Å². The van der Waals surface area contributed by atoms with Crippen LogP contribution in [0.15, 0.2) is 24.3 Å². The molecule has 1 rings (SSSR count). The molecule has 0 spiro atoms. The topological polar surface area (TPSA) is 75.6 Å². The van der Waals surface area contributed by atoms with E-state index < -0.39 is 24.0 Å². The lowest BCUT2D eigenvalue weighted by Gasteiger charge is -2.25. The first kappa shape index (κ1) is 18.3. The number of aliphatic carboxylic acids is 1. The molecule has 0 bridgehead atoms. The van der Waals surface area contributed by atoms with Crippen LogP contribution in [0.25, 0.3) is 0 Å². The predicted molar refractivity (Wildman–Crippen MR) is 85.1 cm³/mol. The minimum Gasteiger partial charge on any atom is -0.481 e. The molecule has 22 heavy (non-hydrogen) atoms. The monoisotopic (exact) mass is 327 g/mol. The second-order valence-corrected chi connectivity index (χ2v) is 6.10. The van der Waals surface area contributed by atoms with Gasteiger partial charge in [0.1, 0.15) is 5.75 Å². The van der Waals surface area contributed by atoms with E-state index in [0.29, 0.717) is 10.8 Å². The maximum atomic E-state index is 12.3. The van der Waals surface area contributed by atoms with E-state index in [2.05, 4.69) is 5.32 Å². The Morgan fingerprint density at radius 1 is 1.23 bits per heavy atom. The summed E-state index contributed by atoms with van der Waals surface area (Å²) in [6, 6.07) is 6.32. The minimum atomic E-state index is -0.954. The van der Waals surface area contributed by atoms with Crippen molar-refractivity contribution in [2.75, 3.05) is 0 Å². The highest BCUT2D eigenvalue weighted by Gasteiger charge is 2.28. The third-order valence-corrected chi connectivity index (χ3v) is 3.67. The van der Waals surface area contributed by atoms with E-state index in [0.717, 1.165) is 0 Å². The van der Waals surface area contributed by atoms with Crippen LogP contribution < -0.4 is 10.1 Å². The van der Waals surface area contributed by atoms with Crippen molar-refractivity contribution < 1.29 is 19.4 Å². The van der Waals surface area contributed by atoms with Gasteiger partial charge in [0.05, 0.1) is 5.92 Å². The zero-order chi connectivity index (χ0) is 16.9. The van der Waals surface area contributed by atoms with Crippen LogP contribution in [-0.4, -0.2) is 29.1 Å². The highest BCUT2D eigenvalue weighted by Crippen LogP contribution is 2.20. The molecule has 5 nitrogen and oxygen atoms in total. The second kappa shape index (κ2) is 8.03. The lowest BCUT2D eigenvalue weighted by molar-refractivity contribution is -0.142. The molecule has 0 heterocycles. The summed E-state index contributed by atoms with van der Waals surface area (Å²) in [5.41, 5.74) is 0. The molecule has 0 aromatic heterocycles. The summed E-state index contributed by atoms with van der Waals surface area (Å²) in [6.45, 7) is 6.93. The van der Waals surface area contributed by atoms with Crippen molar-refractivity contribution in [1.82, 2.24) is 5.32 Å². The van der Waals surface area contributed by atoms with E-state index in [-0.39, 0.29) is 11.8 Å². The number of nitrogens with one attached hydrogen (secondary N) is 1. The fraction of sp³-hybridized carbons (Fsp3) is 0.500. The zero-order valence-electron chi connectivity index (χ0n) is 13.2. The van der Waals surface area contributed by atoms with E-state index in [9.17, 15) is 9.59 Å². The van der Waals surface area contributed by atoms with Crippen molar-refractivity contribution >= 4 is 23.5 Å². The van der Waals surface area contributed by atoms with Crippen LogP contribution in [0.1, 0.15) is 27.7 Å². The Labute approximate surface area is 135 Å². The molecule has 0 fully saturated rings. The van der Waals surface area contributed by atoms with Crippen molar-refractivity contribution in [1.29, 1.82) is 0 Å². The molecular weight excluding hydrogens is 306 g/mol.